The standard InChI is InChI=1S/C11H10O2/c1-9(13)2-3-10-4-6-11(8-12)7-5-10/h4-9,13H,1H3/t9-/m1/s1. The van der Waals surface area contributed by atoms with Crippen LogP contribution in [-0.2, 0) is 0 Å². The highest BCUT2D eigenvalue weighted by Crippen LogP contribution is 2.00. The van der Waals surface area contributed by atoms with Crippen LogP contribution in [0.5, 0.6) is 0 Å². The molecule has 1 aromatic rings. The van der Waals surface area contributed by atoms with Crippen LogP contribution in [0, 0.1) is 11.8 Å². The van der Waals surface area contributed by atoms with Crippen LogP contribution in [0.25, 0.3) is 0 Å². The predicted octanol–water partition coefficient (Wildman–Crippen LogP) is 1.23. The first-order valence-electron chi connectivity index (χ1n) is 3.97. The molecule has 0 saturated heterocycles. The minimum Gasteiger partial charge on any atom is -0.381 e. The molecule has 0 bridgehead atoms. The zero-order chi connectivity index (χ0) is 9.68. The smallest absolute Gasteiger partial charge is 0.150 e. The number of hydrogen-bond donors (Lipinski definition) is 1. The van der Waals surface area contributed by atoms with Gasteiger partial charge in [0.05, 0.1) is 0 Å². The van der Waals surface area contributed by atoms with Crippen LogP contribution in [-0.4, -0.2) is 17.5 Å². The zero-order valence-corrected chi connectivity index (χ0v) is 7.32. The van der Waals surface area contributed by atoms with E-state index in [1.54, 1.807) is 31.2 Å². The van der Waals surface area contributed by atoms with Crippen molar-refractivity contribution >= 4 is 6.29 Å². The molecule has 1 rings (SSSR count). The highest BCUT2D eigenvalue weighted by atomic mass is 16.3. The summed E-state index contributed by atoms with van der Waals surface area (Å²) in [5, 5.41) is 8.88. The molecule has 1 N–H and O–H groups in total. The predicted molar refractivity (Wildman–Crippen MR) is 50.4 cm³/mol. The van der Waals surface area contributed by atoms with Gasteiger partial charge in [0, 0.05) is 11.1 Å². The zero-order valence-electron chi connectivity index (χ0n) is 7.32. The van der Waals surface area contributed by atoms with Crippen molar-refractivity contribution in [3.8, 4) is 11.8 Å². The van der Waals surface area contributed by atoms with E-state index in [4.69, 9.17) is 5.11 Å². The molecule has 0 amide bonds. The molecule has 0 aliphatic heterocycles. The number of aliphatic hydroxyl groups is 1. The van der Waals surface area contributed by atoms with Gasteiger partial charge in [0.15, 0.2) is 0 Å². The van der Waals surface area contributed by atoms with Crippen molar-refractivity contribution in [1.82, 2.24) is 0 Å². The third-order valence-corrected chi connectivity index (χ3v) is 1.47. The lowest BCUT2D eigenvalue weighted by molar-refractivity contribution is 0.112. The van der Waals surface area contributed by atoms with Crippen LogP contribution in [0.3, 0.4) is 0 Å². The average molecular weight is 174 g/mol. The topological polar surface area (TPSA) is 37.3 Å². The molecule has 0 aliphatic carbocycles. The third-order valence-electron chi connectivity index (χ3n) is 1.47. The highest BCUT2D eigenvalue weighted by Gasteiger charge is 1.89. The van der Waals surface area contributed by atoms with E-state index in [1.165, 1.54) is 0 Å². The van der Waals surface area contributed by atoms with Gasteiger partial charge in [0.25, 0.3) is 0 Å². The van der Waals surface area contributed by atoms with Crippen molar-refractivity contribution in [2.45, 2.75) is 13.0 Å². The minimum absolute atomic E-state index is 0.620. The Morgan fingerprint density at radius 3 is 2.46 bits per heavy atom. The van der Waals surface area contributed by atoms with Gasteiger partial charge in [-0.15, -0.1) is 0 Å². The molecule has 0 aromatic heterocycles. The summed E-state index contributed by atoms with van der Waals surface area (Å²) in [6, 6.07) is 6.89. The fourth-order valence-corrected chi connectivity index (χ4v) is 0.833. The lowest BCUT2D eigenvalue weighted by Crippen LogP contribution is -1.92. The number of rotatable bonds is 1. The molecule has 0 aliphatic rings. The first kappa shape index (κ1) is 9.50. The van der Waals surface area contributed by atoms with Crippen molar-refractivity contribution in [3.05, 3.63) is 35.4 Å². The molecule has 2 nitrogen and oxygen atoms in total. The molecule has 2 heteroatoms. The van der Waals surface area contributed by atoms with Crippen LogP contribution >= 0.6 is 0 Å². The summed E-state index contributed by atoms with van der Waals surface area (Å²) in [6.07, 6.45) is 0.164. The molecular weight excluding hydrogens is 164 g/mol. The van der Waals surface area contributed by atoms with Crippen LogP contribution in [0.1, 0.15) is 22.8 Å². The first-order valence-corrected chi connectivity index (χ1v) is 3.97. The van der Waals surface area contributed by atoms with Crippen molar-refractivity contribution < 1.29 is 9.90 Å². The Morgan fingerprint density at radius 1 is 1.38 bits per heavy atom. The number of carbonyl (C=O) groups excluding carboxylic acids is 1. The largest absolute Gasteiger partial charge is 0.381 e. The lowest BCUT2D eigenvalue weighted by Gasteiger charge is -1.91. The maximum absolute atomic E-state index is 10.3. The first-order chi connectivity index (χ1) is 6.22. The van der Waals surface area contributed by atoms with E-state index in [1.807, 2.05) is 0 Å². The summed E-state index contributed by atoms with van der Waals surface area (Å²) in [4.78, 5) is 10.3. The lowest BCUT2D eigenvalue weighted by atomic mass is 10.1. The van der Waals surface area contributed by atoms with Crippen molar-refractivity contribution in [1.29, 1.82) is 0 Å². The van der Waals surface area contributed by atoms with Gasteiger partial charge in [-0.1, -0.05) is 24.0 Å². The Balaban J connectivity index is 2.82. The molecule has 0 unspecified atom stereocenters. The summed E-state index contributed by atoms with van der Waals surface area (Å²) in [6.45, 7) is 1.60. The number of benzene rings is 1. The van der Waals surface area contributed by atoms with Gasteiger partial charge in [0.2, 0.25) is 0 Å². The van der Waals surface area contributed by atoms with Crippen LogP contribution in [0.4, 0.5) is 0 Å². The van der Waals surface area contributed by atoms with Crippen molar-refractivity contribution in [2.24, 2.45) is 0 Å². The monoisotopic (exact) mass is 174 g/mol. The SMILES string of the molecule is C[C@@H](O)C#Cc1ccc(C=O)cc1. The fraction of sp³-hybridized carbons (Fsp3) is 0.182. The molecule has 1 atom stereocenters. The van der Waals surface area contributed by atoms with E-state index >= 15 is 0 Å². The van der Waals surface area contributed by atoms with Gasteiger partial charge in [-0.2, -0.15) is 0 Å². The molecule has 0 spiro atoms. The van der Waals surface area contributed by atoms with Crippen molar-refractivity contribution in [3.63, 3.8) is 0 Å². The van der Waals surface area contributed by atoms with E-state index in [-0.39, 0.29) is 0 Å². The number of aldehydes is 1. The van der Waals surface area contributed by atoms with Gasteiger partial charge in [-0.25, -0.2) is 0 Å². The minimum atomic E-state index is -0.620. The summed E-state index contributed by atoms with van der Waals surface area (Å²) in [5.74, 6) is 5.40. The van der Waals surface area contributed by atoms with Crippen LogP contribution < -0.4 is 0 Å². The van der Waals surface area contributed by atoms with E-state index in [9.17, 15) is 4.79 Å². The number of carbonyl (C=O) groups is 1. The Labute approximate surface area is 77.2 Å². The normalized spacial score (nSPS) is 11.2. The highest BCUT2D eigenvalue weighted by molar-refractivity contribution is 5.74. The molecule has 0 fully saturated rings. The Kier molecular flexibility index (Phi) is 3.24. The molecule has 1 aromatic carbocycles. The molecule has 66 valence electrons. The van der Waals surface area contributed by atoms with Gasteiger partial charge in [0.1, 0.15) is 12.4 Å². The van der Waals surface area contributed by atoms with E-state index < -0.39 is 6.10 Å². The summed E-state index contributed by atoms with van der Waals surface area (Å²) in [7, 11) is 0. The second-order valence-electron chi connectivity index (χ2n) is 2.69. The van der Waals surface area contributed by atoms with Gasteiger partial charge >= 0.3 is 0 Å². The van der Waals surface area contributed by atoms with Gasteiger partial charge < -0.3 is 5.11 Å². The van der Waals surface area contributed by atoms with Gasteiger partial charge in [-0.3, -0.25) is 4.79 Å². The maximum atomic E-state index is 10.3. The molecule has 0 saturated carbocycles. The van der Waals surface area contributed by atoms with E-state index in [0.717, 1.165) is 11.8 Å². The fourth-order valence-electron chi connectivity index (χ4n) is 0.833. The number of hydrogen-bond acceptors (Lipinski definition) is 2. The van der Waals surface area contributed by atoms with Gasteiger partial charge in [-0.05, 0) is 19.1 Å². The Morgan fingerprint density at radius 2 is 2.00 bits per heavy atom. The summed E-state index contributed by atoms with van der Waals surface area (Å²) >= 11 is 0. The van der Waals surface area contributed by atoms with Crippen LogP contribution in [0.2, 0.25) is 0 Å². The Hall–Kier alpha value is -1.59. The molecular formula is C11H10O2. The molecule has 13 heavy (non-hydrogen) atoms. The van der Waals surface area contributed by atoms with Crippen LogP contribution in [0.15, 0.2) is 24.3 Å². The Bertz CT molecular complexity index is 339. The summed E-state index contributed by atoms with van der Waals surface area (Å²) < 4.78 is 0. The second-order valence-corrected chi connectivity index (χ2v) is 2.69. The van der Waals surface area contributed by atoms with E-state index in [0.29, 0.717) is 5.56 Å². The number of aliphatic hydroxyl groups excluding tert-OH is 1. The van der Waals surface area contributed by atoms with Crippen molar-refractivity contribution in [2.75, 3.05) is 0 Å². The quantitative estimate of drug-likeness (QED) is 0.513. The average Bonchev–Trinajstić information content (AvgIpc) is 2.15. The second kappa shape index (κ2) is 4.44. The maximum Gasteiger partial charge on any atom is 0.150 e. The molecule has 0 radical (unpaired) electrons. The molecule has 0 heterocycles. The summed E-state index contributed by atoms with van der Waals surface area (Å²) in [5.41, 5.74) is 1.43. The van der Waals surface area contributed by atoms with E-state index in [2.05, 4.69) is 11.8 Å². The third kappa shape index (κ3) is 3.10.